The number of ketones is 1. The lowest BCUT2D eigenvalue weighted by Gasteiger charge is -2.27. The predicted octanol–water partition coefficient (Wildman–Crippen LogP) is 1.54. The molecule has 2 aliphatic rings. The Morgan fingerprint density at radius 2 is 2.33 bits per heavy atom. The van der Waals surface area contributed by atoms with Gasteiger partial charge in [0, 0.05) is 12.3 Å². The van der Waals surface area contributed by atoms with Crippen molar-refractivity contribution in [3.05, 3.63) is 11.6 Å². The smallest absolute Gasteiger partial charge is 0.137 e. The molecule has 0 heterocycles. The number of allylic oxidation sites excluding steroid dienone is 2. The highest BCUT2D eigenvalue weighted by Crippen LogP contribution is 2.42. The van der Waals surface area contributed by atoms with E-state index in [-0.39, 0.29) is 0 Å². The summed E-state index contributed by atoms with van der Waals surface area (Å²) in [5.74, 6) is 1.52. The average molecular weight is 122 g/mol. The Morgan fingerprint density at radius 1 is 1.56 bits per heavy atom. The fourth-order valence-electron chi connectivity index (χ4n) is 1.82. The molecular formula is C8H10O. The summed E-state index contributed by atoms with van der Waals surface area (Å²) in [5, 5.41) is 0. The summed E-state index contributed by atoms with van der Waals surface area (Å²) in [5.41, 5.74) is 1.41. The van der Waals surface area contributed by atoms with Crippen molar-refractivity contribution in [3.63, 3.8) is 0 Å². The summed E-state index contributed by atoms with van der Waals surface area (Å²) in [4.78, 5) is 10.8. The maximum Gasteiger partial charge on any atom is 0.137 e. The highest BCUT2D eigenvalue weighted by molar-refractivity contribution is 5.89. The standard InChI is InChI=1S/C8H10O/c1-5-2-6-4-8(9)7(6)3-5/h2,6-7H,3-4H2,1H3. The summed E-state index contributed by atoms with van der Waals surface area (Å²) in [6.45, 7) is 2.12. The van der Waals surface area contributed by atoms with E-state index < -0.39 is 0 Å². The first-order chi connectivity index (χ1) is 4.27. The normalized spacial score (nSPS) is 39.7. The predicted molar refractivity (Wildman–Crippen MR) is 35.0 cm³/mol. The van der Waals surface area contributed by atoms with E-state index in [1.165, 1.54) is 5.57 Å². The van der Waals surface area contributed by atoms with Crippen molar-refractivity contribution in [2.75, 3.05) is 0 Å². The number of fused-ring (bicyclic) bond motifs is 1. The van der Waals surface area contributed by atoms with Crippen molar-refractivity contribution in [1.29, 1.82) is 0 Å². The van der Waals surface area contributed by atoms with Crippen LogP contribution in [0, 0.1) is 11.8 Å². The molecule has 0 spiro atoms. The molecule has 48 valence electrons. The van der Waals surface area contributed by atoms with Gasteiger partial charge in [0.1, 0.15) is 5.78 Å². The minimum atomic E-state index is 0.407. The Labute approximate surface area is 54.8 Å². The zero-order valence-electron chi connectivity index (χ0n) is 5.55. The maximum absolute atomic E-state index is 10.8. The lowest BCUT2D eigenvalue weighted by atomic mass is 9.75. The molecule has 0 aromatic rings. The topological polar surface area (TPSA) is 17.1 Å². The van der Waals surface area contributed by atoms with Gasteiger partial charge in [-0.05, 0) is 19.3 Å². The van der Waals surface area contributed by atoms with Gasteiger partial charge in [-0.2, -0.15) is 0 Å². The molecule has 0 radical (unpaired) electrons. The summed E-state index contributed by atoms with van der Waals surface area (Å²) in [6.07, 6.45) is 4.12. The van der Waals surface area contributed by atoms with E-state index in [1.807, 2.05) is 0 Å². The van der Waals surface area contributed by atoms with Crippen LogP contribution in [0.3, 0.4) is 0 Å². The average Bonchev–Trinajstić information content (AvgIpc) is 2.08. The van der Waals surface area contributed by atoms with Crippen LogP contribution in [0.15, 0.2) is 11.6 Å². The molecule has 2 atom stereocenters. The van der Waals surface area contributed by atoms with Gasteiger partial charge < -0.3 is 0 Å². The Kier molecular flexibility index (Phi) is 0.850. The van der Waals surface area contributed by atoms with Crippen LogP contribution in [0.5, 0.6) is 0 Å². The highest BCUT2D eigenvalue weighted by Gasteiger charge is 2.41. The molecule has 1 fully saturated rings. The molecule has 1 saturated carbocycles. The molecule has 2 unspecified atom stereocenters. The van der Waals surface area contributed by atoms with Crippen molar-refractivity contribution in [1.82, 2.24) is 0 Å². The third-order valence-electron chi connectivity index (χ3n) is 2.41. The van der Waals surface area contributed by atoms with Crippen molar-refractivity contribution < 1.29 is 4.79 Å². The Bertz CT molecular complexity index is 191. The number of hydrogen-bond donors (Lipinski definition) is 0. The van der Waals surface area contributed by atoms with Gasteiger partial charge in [-0.1, -0.05) is 11.6 Å². The molecular weight excluding hydrogens is 112 g/mol. The third kappa shape index (κ3) is 0.576. The second-order valence-electron chi connectivity index (χ2n) is 3.16. The quantitative estimate of drug-likeness (QED) is 0.445. The minimum Gasteiger partial charge on any atom is -0.299 e. The van der Waals surface area contributed by atoms with Gasteiger partial charge in [0.25, 0.3) is 0 Å². The molecule has 0 bridgehead atoms. The summed E-state index contributed by atoms with van der Waals surface area (Å²) >= 11 is 0. The lowest BCUT2D eigenvalue weighted by molar-refractivity contribution is -0.131. The van der Waals surface area contributed by atoms with Crippen molar-refractivity contribution in [2.24, 2.45) is 11.8 Å². The van der Waals surface area contributed by atoms with Gasteiger partial charge in [0.05, 0.1) is 0 Å². The van der Waals surface area contributed by atoms with E-state index >= 15 is 0 Å². The molecule has 1 heteroatoms. The van der Waals surface area contributed by atoms with Gasteiger partial charge in [-0.3, -0.25) is 4.79 Å². The van der Waals surface area contributed by atoms with E-state index in [9.17, 15) is 4.79 Å². The van der Waals surface area contributed by atoms with E-state index in [2.05, 4.69) is 13.0 Å². The second kappa shape index (κ2) is 1.47. The Balaban J connectivity index is 2.18. The number of carbonyl (C=O) groups excluding carboxylic acids is 1. The zero-order chi connectivity index (χ0) is 6.43. The number of carbonyl (C=O) groups is 1. The molecule has 2 rings (SSSR count). The van der Waals surface area contributed by atoms with Crippen LogP contribution in [0.1, 0.15) is 19.8 Å². The lowest BCUT2D eigenvalue weighted by Crippen LogP contribution is -2.32. The fourth-order valence-corrected chi connectivity index (χ4v) is 1.82. The summed E-state index contributed by atoms with van der Waals surface area (Å²) in [7, 11) is 0. The van der Waals surface area contributed by atoms with E-state index in [1.54, 1.807) is 0 Å². The van der Waals surface area contributed by atoms with Crippen molar-refractivity contribution >= 4 is 5.78 Å². The molecule has 0 N–H and O–H groups in total. The third-order valence-corrected chi connectivity index (χ3v) is 2.41. The molecule has 1 nitrogen and oxygen atoms in total. The van der Waals surface area contributed by atoms with Gasteiger partial charge in [-0.25, -0.2) is 0 Å². The zero-order valence-corrected chi connectivity index (χ0v) is 5.55. The molecule has 0 amide bonds. The van der Waals surface area contributed by atoms with Crippen LogP contribution in [-0.2, 0) is 4.79 Å². The Morgan fingerprint density at radius 3 is 2.78 bits per heavy atom. The summed E-state index contributed by atoms with van der Waals surface area (Å²) in [6, 6.07) is 0. The molecule has 0 aliphatic heterocycles. The van der Waals surface area contributed by atoms with E-state index in [0.29, 0.717) is 17.6 Å². The van der Waals surface area contributed by atoms with Crippen LogP contribution in [0.2, 0.25) is 0 Å². The number of hydrogen-bond acceptors (Lipinski definition) is 1. The molecule has 0 aromatic heterocycles. The largest absolute Gasteiger partial charge is 0.299 e. The molecule has 0 saturated heterocycles. The fraction of sp³-hybridized carbons (Fsp3) is 0.625. The van der Waals surface area contributed by atoms with E-state index in [0.717, 1.165) is 12.8 Å². The van der Waals surface area contributed by atoms with Crippen LogP contribution < -0.4 is 0 Å². The van der Waals surface area contributed by atoms with Crippen molar-refractivity contribution in [2.45, 2.75) is 19.8 Å². The van der Waals surface area contributed by atoms with Crippen LogP contribution in [0.4, 0.5) is 0 Å². The first-order valence-corrected chi connectivity index (χ1v) is 3.47. The summed E-state index contributed by atoms with van der Waals surface area (Å²) < 4.78 is 0. The SMILES string of the molecule is CC1=CC2CC(=O)C2C1. The van der Waals surface area contributed by atoms with Crippen LogP contribution >= 0.6 is 0 Å². The van der Waals surface area contributed by atoms with Crippen molar-refractivity contribution in [3.8, 4) is 0 Å². The number of Topliss-reactive ketones (excluding diaryl/α,β-unsaturated/α-hetero) is 1. The Hall–Kier alpha value is -0.590. The first kappa shape index (κ1) is 5.21. The van der Waals surface area contributed by atoms with Gasteiger partial charge in [-0.15, -0.1) is 0 Å². The second-order valence-corrected chi connectivity index (χ2v) is 3.16. The molecule has 9 heavy (non-hydrogen) atoms. The van der Waals surface area contributed by atoms with Crippen LogP contribution in [-0.4, -0.2) is 5.78 Å². The van der Waals surface area contributed by atoms with Gasteiger partial charge >= 0.3 is 0 Å². The van der Waals surface area contributed by atoms with Gasteiger partial charge in [0.2, 0.25) is 0 Å². The number of rotatable bonds is 0. The van der Waals surface area contributed by atoms with Gasteiger partial charge in [0.15, 0.2) is 0 Å². The highest BCUT2D eigenvalue weighted by atomic mass is 16.1. The maximum atomic E-state index is 10.8. The minimum absolute atomic E-state index is 0.407. The molecule has 0 aromatic carbocycles. The first-order valence-electron chi connectivity index (χ1n) is 3.47. The van der Waals surface area contributed by atoms with Crippen LogP contribution in [0.25, 0.3) is 0 Å². The van der Waals surface area contributed by atoms with E-state index in [4.69, 9.17) is 0 Å². The monoisotopic (exact) mass is 122 g/mol. The molecule has 2 aliphatic carbocycles.